The summed E-state index contributed by atoms with van der Waals surface area (Å²) in [5, 5.41) is 2.58. The van der Waals surface area contributed by atoms with Gasteiger partial charge in [-0.05, 0) is 26.1 Å². The number of nitrogens with zero attached hydrogens (tertiary/aromatic N) is 1. The third-order valence-corrected chi connectivity index (χ3v) is 5.06. The fraction of sp³-hybridized carbons (Fsp3) is 0.500. The molecule has 0 spiro atoms. The van der Waals surface area contributed by atoms with Crippen molar-refractivity contribution in [3.05, 3.63) is 29.8 Å². The normalized spacial score (nSPS) is 22.6. The van der Waals surface area contributed by atoms with Gasteiger partial charge in [0.1, 0.15) is 5.37 Å². The Kier molecular flexibility index (Phi) is 3.51. The molecule has 4 nitrogen and oxygen atoms in total. The molecule has 0 saturated carbocycles. The first-order valence-corrected chi connectivity index (χ1v) is 7.27. The Balaban J connectivity index is 2.26. The van der Waals surface area contributed by atoms with E-state index in [2.05, 4.69) is 5.32 Å². The van der Waals surface area contributed by atoms with Crippen molar-refractivity contribution in [2.45, 2.75) is 17.2 Å². The summed E-state index contributed by atoms with van der Waals surface area (Å²) in [6.45, 7) is 4.09. The van der Waals surface area contributed by atoms with Crippen molar-refractivity contribution in [3.63, 3.8) is 0 Å². The lowest BCUT2D eigenvalue weighted by molar-refractivity contribution is 0.272. The predicted molar refractivity (Wildman–Crippen MR) is 67.7 cm³/mol. The third-order valence-electron chi connectivity index (χ3n) is 3.07. The van der Waals surface area contributed by atoms with Crippen molar-refractivity contribution in [2.75, 3.05) is 26.7 Å². The molecule has 1 aromatic carbocycles. The lowest BCUT2D eigenvalue weighted by atomic mass is 10.2. The number of sulfone groups is 1. The van der Waals surface area contributed by atoms with Crippen LogP contribution >= 0.6 is 0 Å². The van der Waals surface area contributed by atoms with Gasteiger partial charge in [0.25, 0.3) is 0 Å². The van der Waals surface area contributed by atoms with E-state index in [9.17, 15) is 8.42 Å². The smallest absolute Gasteiger partial charge is 0.195 e. The highest BCUT2D eigenvalue weighted by molar-refractivity contribution is 7.92. The Morgan fingerprint density at radius 3 is 2.53 bits per heavy atom. The van der Waals surface area contributed by atoms with Gasteiger partial charge in [-0.15, -0.1) is 0 Å². The predicted octanol–water partition coefficient (Wildman–Crippen LogP) is 0.630. The molecule has 1 heterocycles. The fourth-order valence-electron chi connectivity index (χ4n) is 1.96. The summed E-state index contributed by atoms with van der Waals surface area (Å²) >= 11 is 0. The fourth-order valence-corrected chi connectivity index (χ4v) is 3.59. The van der Waals surface area contributed by atoms with Crippen LogP contribution in [0, 0.1) is 6.92 Å². The highest BCUT2D eigenvalue weighted by Gasteiger charge is 2.30. The molecule has 1 saturated heterocycles. The molecule has 1 aromatic rings. The van der Waals surface area contributed by atoms with Gasteiger partial charge in [-0.25, -0.2) is 8.42 Å². The minimum atomic E-state index is -3.26. The monoisotopic (exact) mass is 254 g/mol. The van der Waals surface area contributed by atoms with E-state index >= 15 is 0 Å². The largest absolute Gasteiger partial charge is 0.302 e. The molecule has 0 aromatic heterocycles. The van der Waals surface area contributed by atoms with Gasteiger partial charge in [-0.2, -0.15) is 0 Å². The first-order chi connectivity index (χ1) is 8.00. The van der Waals surface area contributed by atoms with Crippen LogP contribution in [0.2, 0.25) is 0 Å². The van der Waals surface area contributed by atoms with Gasteiger partial charge in [0.05, 0.1) is 4.90 Å². The topological polar surface area (TPSA) is 49.4 Å². The zero-order valence-corrected chi connectivity index (χ0v) is 11.0. The first kappa shape index (κ1) is 12.5. The molecular weight excluding hydrogens is 236 g/mol. The SMILES string of the molecule is Cc1ccc(S(=O)(=O)C2CN(C)CCN2)cc1. The van der Waals surface area contributed by atoms with Crippen LogP contribution in [-0.2, 0) is 9.84 Å². The van der Waals surface area contributed by atoms with Gasteiger partial charge in [-0.3, -0.25) is 5.32 Å². The standard InChI is InChI=1S/C12H18N2O2S/c1-10-3-5-11(6-4-10)17(15,16)12-9-14(2)8-7-13-12/h3-6,12-13H,7-9H2,1-2H3. The molecule has 94 valence electrons. The second kappa shape index (κ2) is 4.76. The van der Waals surface area contributed by atoms with Crippen LogP contribution < -0.4 is 5.32 Å². The number of benzene rings is 1. The Hall–Kier alpha value is -0.910. The number of nitrogens with one attached hydrogen (secondary N) is 1. The molecule has 5 heteroatoms. The van der Waals surface area contributed by atoms with Crippen LogP contribution in [0.4, 0.5) is 0 Å². The highest BCUT2D eigenvalue weighted by atomic mass is 32.2. The summed E-state index contributed by atoms with van der Waals surface area (Å²) < 4.78 is 24.7. The van der Waals surface area contributed by atoms with Crippen LogP contribution in [0.1, 0.15) is 5.56 Å². The van der Waals surface area contributed by atoms with Crippen molar-refractivity contribution < 1.29 is 8.42 Å². The molecule has 1 atom stereocenters. The van der Waals surface area contributed by atoms with E-state index in [1.165, 1.54) is 0 Å². The molecule has 1 unspecified atom stereocenters. The molecule has 1 N–H and O–H groups in total. The molecule has 1 aliphatic rings. The van der Waals surface area contributed by atoms with Crippen molar-refractivity contribution in [1.82, 2.24) is 10.2 Å². The third kappa shape index (κ3) is 2.68. The van der Waals surface area contributed by atoms with Crippen LogP contribution in [-0.4, -0.2) is 45.4 Å². The maximum atomic E-state index is 12.4. The maximum Gasteiger partial charge on any atom is 0.195 e. The van der Waals surface area contributed by atoms with Crippen LogP contribution in [0.3, 0.4) is 0 Å². The van der Waals surface area contributed by atoms with Crippen LogP contribution in [0.15, 0.2) is 29.2 Å². The summed E-state index contributed by atoms with van der Waals surface area (Å²) in [7, 11) is -1.32. The molecule has 2 rings (SSSR count). The Morgan fingerprint density at radius 2 is 1.94 bits per heavy atom. The number of piperazine rings is 1. The van der Waals surface area contributed by atoms with Crippen molar-refractivity contribution in [1.29, 1.82) is 0 Å². The Labute approximate surface area is 103 Å². The number of hydrogen-bond acceptors (Lipinski definition) is 4. The van der Waals surface area contributed by atoms with Gasteiger partial charge in [0.2, 0.25) is 0 Å². The molecule has 0 radical (unpaired) electrons. The molecule has 0 bridgehead atoms. The van der Waals surface area contributed by atoms with E-state index in [0.717, 1.165) is 12.1 Å². The molecule has 1 aliphatic heterocycles. The molecule has 1 fully saturated rings. The van der Waals surface area contributed by atoms with E-state index < -0.39 is 15.2 Å². The summed E-state index contributed by atoms with van der Waals surface area (Å²) in [5.74, 6) is 0. The van der Waals surface area contributed by atoms with Crippen molar-refractivity contribution >= 4 is 9.84 Å². The van der Waals surface area contributed by atoms with Crippen molar-refractivity contribution in [3.8, 4) is 0 Å². The molecule has 0 amide bonds. The second-order valence-corrected chi connectivity index (χ2v) is 6.69. The van der Waals surface area contributed by atoms with Crippen LogP contribution in [0.25, 0.3) is 0 Å². The minimum absolute atomic E-state index is 0.399. The van der Waals surface area contributed by atoms with E-state index in [1.54, 1.807) is 12.1 Å². The van der Waals surface area contributed by atoms with Gasteiger partial charge < -0.3 is 4.90 Å². The highest BCUT2D eigenvalue weighted by Crippen LogP contribution is 2.17. The first-order valence-electron chi connectivity index (χ1n) is 5.72. The quantitative estimate of drug-likeness (QED) is 0.841. The summed E-state index contributed by atoms with van der Waals surface area (Å²) in [4.78, 5) is 2.43. The van der Waals surface area contributed by atoms with Crippen molar-refractivity contribution in [2.24, 2.45) is 0 Å². The average molecular weight is 254 g/mol. The maximum absolute atomic E-state index is 12.4. The lowest BCUT2D eigenvalue weighted by Gasteiger charge is -2.30. The van der Waals surface area contributed by atoms with E-state index in [4.69, 9.17) is 0 Å². The number of rotatable bonds is 2. The summed E-state index contributed by atoms with van der Waals surface area (Å²) in [5.41, 5.74) is 1.07. The van der Waals surface area contributed by atoms with Crippen LogP contribution in [0.5, 0.6) is 0 Å². The minimum Gasteiger partial charge on any atom is -0.302 e. The van der Waals surface area contributed by atoms with Gasteiger partial charge in [0, 0.05) is 19.6 Å². The zero-order chi connectivity index (χ0) is 12.5. The average Bonchev–Trinajstić information content (AvgIpc) is 2.29. The molecule has 0 aliphatic carbocycles. The Morgan fingerprint density at radius 1 is 1.29 bits per heavy atom. The van der Waals surface area contributed by atoms with E-state index in [-0.39, 0.29) is 0 Å². The van der Waals surface area contributed by atoms with Gasteiger partial charge >= 0.3 is 0 Å². The Bertz CT molecular complexity index is 482. The number of aryl methyl sites for hydroxylation is 1. The lowest BCUT2D eigenvalue weighted by Crippen LogP contribution is -2.52. The number of likely N-dealkylation sites (N-methyl/N-ethyl adjacent to an activating group) is 1. The molecular formula is C12H18N2O2S. The second-order valence-electron chi connectivity index (χ2n) is 4.56. The van der Waals surface area contributed by atoms with E-state index in [0.29, 0.717) is 18.0 Å². The number of hydrogen-bond donors (Lipinski definition) is 1. The van der Waals surface area contributed by atoms with E-state index in [1.807, 2.05) is 31.0 Å². The molecule has 17 heavy (non-hydrogen) atoms. The summed E-state index contributed by atoms with van der Waals surface area (Å²) in [6.07, 6.45) is 0. The van der Waals surface area contributed by atoms with Gasteiger partial charge in [-0.1, -0.05) is 17.7 Å². The zero-order valence-electron chi connectivity index (χ0n) is 10.2. The summed E-state index contributed by atoms with van der Waals surface area (Å²) in [6, 6.07) is 7.03. The van der Waals surface area contributed by atoms with Gasteiger partial charge in [0.15, 0.2) is 9.84 Å².